The van der Waals surface area contributed by atoms with Gasteiger partial charge in [-0.05, 0) is 49.3 Å². The highest BCUT2D eigenvalue weighted by molar-refractivity contribution is 5.95. The van der Waals surface area contributed by atoms with Crippen LogP contribution in [0.25, 0.3) is 0 Å². The van der Waals surface area contributed by atoms with E-state index in [1.807, 2.05) is 0 Å². The zero-order valence-electron chi connectivity index (χ0n) is 11.4. The average molecular weight is 264 g/mol. The Morgan fingerprint density at radius 2 is 2.11 bits per heavy atom. The van der Waals surface area contributed by atoms with E-state index in [1.54, 1.807) is 0 Å². The molecule has 1 aromatic carbocycles. The third-order valence-electron chi connectivity index (χ3n) is 3.98. The molecule has 0 bridgehead atoms. The van der Waals surface area contributed by atoms with Gasteiger partial charge in [0.2, 0.25) is 0 Å². The lowest BCUT2D eigenvalue weighted by Crippen LogP contribution is -2.42. The van der Waals surface area contributed by atoms with E-state index < -0.39 is 5.82 Å². The van der Waals surface area contributed by atoms with Crippen LogP contribution >= 0.6 is 0 Å². The van der Waals surface area contributed by atoms with Gasteiger partial charge in [0.1, 0.15) is 5.82 Å². The number of anilines is 1. The number of carbonyl (C=O) groups excluding carboxylic acids is 1. The third kappa shape index (κ3) is 3.25. The smallest absolute Gasteiger partial charge is 0.254 e. The maximum atomic E-state index is 13.6. The van der Waals surface area contributed by atoms with Crippen molar-refractivity contribution in [2.45, 2.75) is 39.2 Å². The molecular weight excluding hydrogens is 243 g/mol. The molecule has 2 rings (SSSR count). The molecule has 19 heavy (non-hydrogen) atoms. The first-order valence-electron chi connectivity index (χ1n) is 6.83. The van der Waals surface area contributed by atoms with E-state index >= 15 is 0 Å². The van der Waals surface area contributed by atoms with Crippen LogP contribution in [0.3, 0.4) is 0 Å². The van der Waals surface area contributed by atoms with Crippen molar-refractivity contribution in [3.05, 3.63) is 29.6 Å². The van der Waals surface area contributed by atoms with Crippen LogP contribution in [0.5, 0.6) is 0 Å². The quantitative estimate of drug-likeness (QED) is 0.807. The van der Waals surface area contributed by atoms with Gasteiger partial charge in [-0.15, -0.1) is 0 Å². The van der Waals surface area contributed by atoms with Crippen LogP contribution in [-0.4, -0.2) is 11.9 Å². The first-order valence-corrected chi connectivity index (χ1v) is 6.83. The predicted octanol–water partition coefficient (Wildman–Crippen LogP) is 2.96. The number of benzene rings is 1. The number of carbonyl (C=O) groups is 1. The fraction of sp³-hybridized carbons (Fsp3) is 0.533. The standard InChI is InChI=1S/C15H21FN2O/c1-9-3-6-14(10(2)7-9)18-15(19)12-8-11(17)4-5-13(12)16/h4-5,8-10,14H,3,6-7,17H2,1-2H3,(H,18,19). The Kier molecular flexibility index (Phi) is 4.08. The fourth-order valence-electron chi connectivity index (χ4n) is 2.84. The van der Waals surface area contributed by atoms with E-state index in [1.165, 1.54) is 18.2 Å². The second-order valence-electron chi connectivity index (χ2n) is 5.71. The predicted molar refractivity (Wildman–Crippen MR) is 74.2 cm³/mol. The number of amides is 1. The van der Waals surface area contributed by atoms with Gasteiger partial charge in [0.25, 0.3) is 5.91 Å². The number of nitrogen functional groups attached to an aromatic ring is 1. The van der Waals surface area contributed by atoms with Gasteiger partial charge in [0.15, 0.2) is 0 Å². The van der Waals surface area contributed by atoms with Crippen LogP contribution in [0.2, 0.25) is 0 Å². The normalized spacial score (nSPS) is 27.0. The number of hydrogen-bond donors (Lipinski definition) is 2. The maximum Gasteiger partial charge on any atom is 0.254 e. The summed E-state index contributed by atoms with van der Waals surface area (Å²) in [6.07, 6.45) is 3.16. The minimum atomic E-state index is -0.525. The monoisotopic (exact) mass is 264 g/mol. The molecule has 1 saturated carbocycles. The summed E-state index contributed by atoms with van der Waals surface area (Å²) in [6, 6.07) is 4.21. The lowest BCUT2D eigenvalue weighted by molar-refractivity contribution is 0.0895. The molecule has 4 heteroatoms. The van der Waals surface area contributed by atoms with Gasteiger partial charge in [-0.25, -0.2) is 4.39 Å². The average Bonchev–Trinajstić information content (AvgIpc) is 2.35. The highest BCUT2D eigenvalue weighted by atomic mass is 19.1. The highest BCUT2D eigenvalue weighted by Crippen LogP contribution is 2.28. The molecular formula is C15H21FN2O. The Hall–Kier alpha value is -1.58. The van der Waals surface area contributed by atoms with Crippen LogP contribution in [0.1, 0.15) is 43.5 Å². The lowest BCUT2D eigenvalue weighted by Gasteiger charge is -2.33. The summed E-state index contributed by atoms with van der Waals surface area (Å²) in [5.41, 5.74) is 6.03. The van der Waals surface area contributed by atoms with E-state index in [-0.39, 0.29) is 17.5 Å². The SMILES string of the molecule is CC1CCC(NC(=O)c2cc(N)ccc2F)C(C)C1. The number of halogens is 1. The zero-order valence-corrected chi connectivity index (χ0v) is 11.4. The van der Waals surface area contributed by atoms with Gasteiger partial charge in [0.05, 0.1) is 5.56 Å². The summed E-state index contributed by atoms with van der Waals surface area (Å²) in [7, 11) is 0. The fourth-order valence-corrected chi connectivity index (χ4v) is 2.84. The van der Waals surface area contributed by atoms with Crippen molar-refractivity contribution in [1.29, 1.82) is 0 Å². The molecule has 104 valence electrons. The van der Waals surface area contributed by atoms with Gasteiger partial charge in [0, 0.05) is 11.7 Å². The second kappa shape index (κ2) is 5.59. The minimum absolute atomic E-state index is 0.0332. The molecule has 3 atom stereocenters. The molecule has 3 nitrogen and oxygen atoms in total. The number of nitrogens with one attached hydrogen (secondary N) is 1. The molecule has 3 unspecified atom stereocenters. The molecule has 1 amide bonds. The number of nitrogens with two attached hydrogens (primary N) is 1. The van der Waals surface area contributed by atoms with Crippen molar-refractivity contribution in [2.24, 2.45) is 11.8 Å². The summed E-state index contributed by atoms with van der Waals surface area (Å²) in [5, 5.41) is 2.94. The van der Waals surface area contributed by atoms with E-state index in [0.717, 1.165) is 19.3 Å². The molecule has 0 aromatic heterocycles. The maximum absolute atomic E-state index is 13.6. The lowest BCUT2D eigenvalue weighted by atomic mass is 9.80. The Morgan fingerprint density at radius 1 is 1.37 bits per heavy atom. The van der Waals surface area contributed by atoms with Crippen molar-refractivity contribution in [3.63, 3.8) is 0 Å². The zero-order chi connectivity index (χ0) is 14.0. The van der Waals surface area contributed by atoms with Gasteiger partial charge < -0.3 is 11.1 Å². The van der Waals surface area contributed by atoms with Crippen LogP contribution in [-0.2, 0) is 0 Å². The highest BCUT2D eigenvalue weighted by Gasteiger charge is 2.27. The summed E-state index contributed by atoms with van der Waals surface area (Å²) in [6.45, 7) is 4.36. The summed E-state index contributed by atoms with van der Waals surface area (Å²) >= 11 is 0. The summed E-state index contributed by atoms with van der Waals surface area (Å²) in [5.74, 6) is 0.240. The van der Waals surface area contributed by atoms with Gasteiger partial charge in [-0.2, -0.15) is 0 Å². The Balaban J connectivity index is 2.06. The summed E-state index contributed by atoms with van der Waals surface area (Å²) < 4.78 is 13.6. The molecule has 0 aliphatic heterocycles. The molecule has 1 fully saturated rings. The van der Waals surface area contributed by atoms with Crippen molar-refractivity contribution in [3.8, 4) is 0 Å². The van der Waals surface area contributed by atoms with Crippen LogP contribution < -0.4 is 11.1 Å². The van der Waals surface area contributed by atoms with Gasteiger partial charge in [-0.3, -0.25) is 4.79 Å². The van der Waals surface area contributed by atoms with Crippen LogP contribution in [0.4, 0.5) is 10.1 Å². The topological polar surface area (TPSA) is 55.1 Å². The van der Waals surface area contributed by atoms with Crippen molar-refractivity contribution >= 4 is 11.6 Å². The molecule has 0 heterocycles. The Bertz CT molecular complexity index is 475. The molecule has 1 aliphatic rings. The molecule has 1 aromatic rings. The number of rotatable bonds is 2. The second-order valence-corrected chi connectivity index (χ2v) is 5.71. The molecule has 1 aliphatic carbocycles. The van der Waals surface area contributed by atoms with E-state index in [0.29, 0.717) is 17.5 Å². The Labute approximate surface area is 113 Å². The third-order valence-corrected chi connectivity index (χ3v) is 3.98. The van der Waals surface area contributed by atoms with E-state index in [4.69, 9.17) is 5.73 Å². The van der Waals surface area contributed by atoms with Crippen LogP contribution in [0.15, 0.2) is 18.2 Å². The van der Waals surface area contributed by atoms with Crippen LogP contribution in [0, 0.1) is 17.7 Å². The van der Waals surface area contributed by atoms with E-state index in [9.17, 15) is 9.18 Å². The van der Waals surface area contributed by atoms with Gasteiger partial charge >= 0.3 is 0 Å². The van der Waals surface area contributed by atoms with Crippen molar-refractivity contribution in [1.82, 2.24) is 5.32 Å². The van der Waals surface area contributed by atoms with E-state index in [2.05, 4.69) is 19.2 Å². The molecule has 3 N–H and O–H groups in total. The summed E-state index contributed by atoms with van der Waals surface area (Å²) in [4.78, 5) is 12.1. The number of hydrogen-bond acceptors (Lipinski definition) is 2. The molecule has 0 spiro atoms. The largest absolute Gasteiger partial charge is 0.399 e. The first kappa shape index (κ1) is 13.8. The molecule has 0 radical (unpaired) electrons. The minimum Gasteiger partial charge on any atom is -0.399 e. The Morgan fingerprint density at radius 3 is 2.79 bits per heavy atom. The van der Waals surface area contributed by atoms with Crippen molar-refractivity contribution < 1.29 is 9.18 Å². The first-order chi connectivity index (χ1) is 8.97. The van der Waals surface area contributed by atoms with Gasteiger partial charge in [-0.1, -0.05) is 13.8 Å². The van der Waals surface area contributed by atoms with Crippen molar-refractivity contribution in [2.75, 3.05) is 5.73 Å². The molecule has 0 saturated heterocycles.